The quantitative estimate of drug-likeness (QED) is 0.706. The summed E-state index contributed by atoms with van der Waals surface area (Å²) in [5, 5.41) is 2.12. The molecule has 0 aliphatic heterocycles. The van der Waals surface area contributed by atoms with Gasteiger partial charge in [0.25, 0.3) is 0 Å². The van der Waals surface area contributed by atoms with Gasteiger partial charge in [-0.25, -0.2) is 0 Å². The average Bonchev–Trinajstić information content (AvgIpc) is 2.79. The molecule has 0 unspecified atom stereocenters. The fourth-order valence-corrected chi connectivity index (χ4v) is 1.93. The van der Waals surface area contributed by atoms with Crippen LogP contribution in [-0.2, 0) is 0 Å². The van der Waals surface area contributed by atoms with Crippen LogP contribution in [-0.4, -0.2) is 4.98 Å². The van der Waals surface area contributed by atoms with Crippen molar-refractivity contribution in [2.24, 2.45) is 0 Å². The molecule has 96 valence electrons. The van der Waals surface area contributed by atoms with E-state index in [1.807, 2.05) is 33.8 Å². The van der Waals surface area contributed by atoms with Crippen LogP contribution in [0.3, 0.4) is 0 Å². The van der Waals surface area contributed by atoms with Gasteiger partial charge in [-0.3, -0.25) is 0 Å². The number of nitrogen functional groups attached to an aromatic ring is 1. The van der Waals surface area contributed by atoms with Gasteiger partial charge in [0.1, 0.15) is 5.82 Å². The van der Waals surface area contributed by atoms with E-state index in [-0.39, 0.29) is 0 Å². The van der Waals surface area contributed by atoms with Gasteiger partial charge in [-0.15, -0.1) is 11.3 Å². The van der Waals surface area contributed by atoms with Crippen LogP contribution in [0.4, 0.5) is 5.82 Å². The highest BCUT2D eigenvalue weighted by Crippen LogP contribution is 2.12. The third-order valence-corrected chi connectivity index (χ3v) is 3.26. The molecule has 2 rings (SSSR count). The number of hydrogen-bond donors (Lipinski definition) is 2. The van der Waals surface area contributed by atoms with Crippen molar-refractivity contribution in [3.8, 4) is 0 Å². The Kier molecular flexibility index (Phi) is 7.39. The van der Waals surface area contributed by atoms with Crippen LogP contribution in [0, 0.1) is 27.7 Å². The van der Waals surface area contributed by atoms with Gasteiger partial charge in [-0.05, 0) is 56.3 Å². The first-order valence-corrected chi connectivity index (χ1v) is 6.81. The highest BCUT2D eigenvalue weighted by Gasteiger charge is 1.92. The molecular formula is C14H24N2S. The Morgan fingerprint density at radius 3 is 1.76 bits per heavy atom. The molecule has 0 bridgehead atoms. The summed E-state index contributed by atoms with van der Waals surface area (Å²) in [5.74, 6) is 0.780. The van der Waals surface area contributed by atoms with Gasteiger partial charge in [0.15, 0.2) is 0 Å². The summed E-state index contributed by atoms with van der Waals surface area (Å²) in [7, 11) is 0. The topological polar surface area (TPSA) is 41.8 Å². The predicted molar refractivity (Wildman–Crippen MR) is 79.8 cm³/mol. The maximum absolute atomic E-state index is 5.49. The lowest BCUT2D eigenvalue weighted by Crippen LogP contribution is -1.85. The SMILES string of the molecule is CC.Cc1cc(C)c(N)[nH]1.Cc1ccsc1C. The second kappa shape index (κ2) is 7.96. The minimum absolute atomic E-state index is 0.780. The first-order chi connectivity index (χ1) is 8.00. The molecule has 3 heteroatoms. The van der Waals surface area contributed by atoms with Gasteiger partial charge in [-0.1, -0.05) is 13.8 Å². The highest BCUT2D eigenvalue weighted by atomic mass is 32.1. The summed E-state index contributed by atoms with van der Waals surface area (Å²) < 4.78 is 0. The average molecular weight is 252 g/mol. The second-order valence-electron chi connectivity index (χ2n) is 3.71. The van der Waals surface area contributed by atoms with Crippen LogP contribution in [0.5, 0.6) is 0 Å². The van der Waals surface area contributed by atoms with Crippen LogP contribution in [0.25, 0.3) is 0 Å². The van der Waals surface area contributed by atoms with Gasteiger partial charge in [0.2, 0.25) is 0 Å². The lowest BCUT2D eigenvalue weighted by Gasteiger charge is -1.83. The lowest BCUT2D eigenvalue weighted by molar-refractivity contribution is 1.27. The van der Waals surface area contributed by atoms with E-state index < -0.39 is 0 Å². The number of hydrogen-bond acceptors (Lipinski definition) is 2. The zero-order valence-electron chi connectivity index (χ0n) is 11.7. The number of aromatic nitrogens is 1. The van der Waals surface area contributed by atoms with Gasteiger partial charge in [0, 0.05) is 10.6 Å². The van der Waals surface area contributed by atoms with E-state index in [2.05, 4.69) is 30.3 Å². The molecular weight excluding hydrogens is 228 g/mol. The molecule has 0 aliphatic rings. The Balaban J connectivity index is 0.000000265. The molecule has 2 aromatic heterocycles. The Labute approximate surface area is 109 Å². The van der Waals surface area contributed by atoms with Crippen molar-refractivity contribution in [3.05, 3.63) is 39.2 Å². The van der Waals surface area contributed by atoms with Crippen molar-refractivity contribution in [1.29, 1.82) is 0 Å². The van der Waals surface area contributed by atoms with Crippen molar-refractivity contribution in [1.82, 2.24) is 4.98 Å². The first kappa shape index (κ1) is 15.8. The molecule has 0 fully saturated rings. The summed E-state index contributed by atoms with van der Waals surface area (Å²) in [6.45, 7) is 12.2. The van der Waals surface area contributed by atoms with Crippen LogP contribution < -0.4 is 5.73 Å². The molecule has 2 heterocycles. The lowest BCUT2D eigenvalue weighted by atomic mass is 10.3. The maximum atomic E-state index is 5.49. The minimum Gasteiger partial charge on any atom is -0.385 e. The van der Waals surface area contributed by atoms with Crippen molar-refractivity contribution < 1.29 is 0 Å². The van der Waals surface area contributed by atoms with Crippen molar-refractivity contribution >= 4 is 17.2 Å². The van der Waals surface area contributed by atoms with Crippen molar-refractivity contribution in [2.45, 2.75) is 41.5 Å². The molecule has 17 heavy (non-hydrogen) atoms. The van der Waals surface area contributed by atoms with Gasteiger partial charge < -0.3 is 10.7 Å². The van der Waals surface area contributed by atoms with Gasteiger partial charge in [0.05, 0.1) is 0 Å². The molecule has 0 saturated heterocycles. The van der Waals surface area contributed by atoms with Gasteiger partial charge >= 0.3 is 0 Å². The fourth-order valence-electron chi connectivity index (χ4n) is 1.20. The smallest absolute Gasteiger partial charge is 0.103 e. The fraction of sp³-hybridized carbons (Fsp3) is 0.429. The van der Waals surface area contributed by atoms with Crippen molar-refractivity contribution in [2.75, 3.05) is 5.73 Å². The Bertz CT molecular complexity index is 391. The van der Waals surface area contributed by atoms with E-state index in [4.69, 9.17) is 5.73 Å². The van der Waals surface area contributed by atoms with Crippen LogP contribution in [0.1, 0.15) is 35.5 Å². The number of thiophene rings is 1. The zero-order valence-corrected chi connectivity index (χ0v) is 12.5. The molecule has 0 amide bonds. The number of nitrogens with two attached hydrogens (primary N) is 1. The number of rotatable bonds is 0. The van der Waals surface area contributed by atoms with E-state index in [0.29, 0.717) is 0 Å². The molecule has 0 spiro atoms. The Morgan fingerprint density at radius 2 is 1.65 bits per heavy atom. The first-order valence-electron chi connectivity index (χ1n) is 5.93. The molecule has 0 aliphatic carbocycles. The molecule has 2 aromatic rings. The number of anilines is 1. The van der Waals surface area contributed by atoms with Crippen LogP contribution in [0.15, 0.2) is 17.5 Å². The molecule has 3 N–H and O–H groups in total. The third kappa shape index (κ3) is 5.59. The molecule has 0 aromatic carbocycles. The number of aryl methyl sites for hydroxylation is 4. The standard InChI is InChI=1S/C6H10N2.C6H8S.C2H6/c1-4-3-5(2)8-6(4)7;1-5-3-4-7-6(5)2;1-2/h3,8H,7H2,1-2H3;3-4H,1-2H3;1-2H3. The summed E-state index contributed by atoms with van der Waals surface area (Å²) in [5.41, 5.74) is 9.14. The van der Waals surface area contributed by atoms with E-state index in [0.717, 1.165) is 17.1 Å². The summed E-state index contributed by atoms with van der Waals surface area (Å²) >= 11 is 1.80. The Morgan fingerprint density at radius 1 is 1.06 bits per heavy atom. The zero-order chi connectivity index (χ0) is 13.4. The normalized spacial score (nSPS) is 8.82. The summed E-state index contributed by atoms with van der Waals surface area (Å²) in [4.78, 5) is 4.42. The second-order valence-corrected chi connectivity index (χ2v) is 4.83. The van der Waals surface area contributed by atoms with Crippen LogP contribution in [0.2, 0.25) is 0 Å². The van der Waals surface area contributed by atoms with Crippen LogP contribution >= 0.6 is 11.3 Å². The van der Waals surface area contributed by atoms with E-state index in [1.165, 1.54) is 10.4 Å². The predicted octanol–water partition coefficient (Wildman–Crippen LogP) is 4.60. The maximum Gasteiger partial charge on any atom is 0.103 e. The monoisotopic (exact) mass is 252 g/mol. The van der Waals surface area contributed by atoms with E-state index >= 15 is 0 Å². The van der Waals surface area contributed by atoms with Gasteiger partial charge in [-0.2, -0.15) is 0 Å². The van der Waals surface area contributed by atoms with E-state index in [9.17, 15) is 0 Å². The van der Waals surface area contributed by atoms with Crippen molar-refractivity contribution in [3.63, 3.8) is 0 Å². The summed E-state index contributed by atoms with van der Waals surface area (Å²) in [6.07, 6.45) is 0. The number of H-pyrrole nitrogens is 1. The molecule has 0 atom stereocenters. The minimum atomic E-state index is 0.780. The number of aromatic amines is 1. The largest absolute Gasteiger partial charge is 0.385 e. The summed E-state index contributed by atoms with van der Waals surface area (Å²) in [6, 6.07) is 4.16. The highest BCUT2D eigenvalue weighted by molar-refractivity contribution is 7.10. The molecule has 0 radical (unpaired) electrons. The third-order valence-electron chi connectivity index (χ3n) is 2.31. The number of nitrogens with one attached hydrogen (secondary N) is 1. The Hall–Kier alpha value is -1.22. The molecule has 2 nitrogen and oxygen atoms in total. The van der Waals surface area contributed by atoms with E-state index in [1.54, 1.807) is 11.3 Å². The molecule has 0 saturated carbocycles.